The lowest BCUT2D eigenvalue weighted by Gasteiger charge is -2.39. The van der Waals surface area contributed by atoms with Gasteiger partial charge in [0.1, 0.15) is 6.10 Å². The van der Waals surface area contributed by atoms with Crippen LogP contribution in [0.15, 0.2) is 53.6 Å². The lowest BCUT2D eigenvalue weighted by molar-refractivity contribution is -0.161. The quantitative estimate of drug-likeness (QED) is 0.500. The maximum Gasteiger partial charge on any atom is 0.339 e. The number of ketones is 1. The van der Waals surface area contributed by atoms with E-state index < -0.39 is 35.7 Å². The Balaban J connectivity index is 1.89. The Morgan fingerprint density at radius 3 is 2.40 bits per heavy atom. The summed E-state index contributed by atoms with van der Waals surface area (Å²) in [5.74, 6) is -2.20. The predicted octanol–water partition coefficient (Wildman–Crippen LogP) is 4.67. The van der Waals surface area contributed by atoms with Crippen LogP contribution in [0, 0.1) is 29.1 Å². The highest BCUT2D eigenvalue weighted by atomic mass is 16.6. The first-order valence-electron chi connectivity index (χ1n) is 12.4. The lowest BCUT2D eigenvalue weighted by Crippen LogP contribution is -2.54. The van der Waals surface area contributed by atoms with E-state index in [0.29, 0.717) is 17.1 Å². The molecule has 2 fully saturated rings. The van der Waals surface area contributed by atoms with Crippen molar-refractivity contribution in [1.29, 1.82) is 0 Å². The van der Waals surface area contributed by atoms with Crippen LogP contribution in [0.1, 0.15) is 64.7 Å². The number of aliphatic hydroxyl groups excluding tert-OH is 1. The Labute approximate surface area is 207 Å². The van der Waals surface area contributed by atoms with Gasteiger partial charge in [-0.1, -0.05) is 51.1 Å². The fourth-order valence-electron chi connectivity index (χ4n) is 6.29. The number of benzene rings is 1. The van der Waals surface area contributed by atoms with E-state index in [0.717, 1.165) is 12.0 Å². The van der Waals surface area contributed by atoms with Crippen molar-refractivity contribution in [1.82, 2.24) is 0 Å². The Morgan fingerprint density at radius 1 is 1.11 bits per heavy atom. The summed E-state index contributed by atoms with van der Waals surface area (Å²) in [5, 5.41) is 11.4. The van der Waals surface area contributed by atoms with Gasteiger partial charge in [0.2, 0.25) is 5.78 Å². The van der Waals surface area contributed by atoms with Crippen molar-refractivity contribution < 1.29 is 29.0 Å². The third-order valence-electron chi connectivity index (χ3n) is 8.47. The van der Waals surface area contributed by atoms with Crippen LogP contribution >= 0.6 is 0 Å². The zero-order valence-electron chi connectivity index (χ0n) is 21.4. The molecule has 0 bridgehead atoms. The van der Waals surface area contributed by atoms with Gasteiger partial charge in [-0.3, -0.25) is 9.59 Å². The number of aliphatic hydroxyl groups is 1. The van der Waals surface area contributed by atoms with Gasteiger partial charge in [-0.25, -0.2) is 4.79 Å². The van der Waals surface area contributed by atoms with E-state index in [-0.39, 0.29) is 29.5 Å². The minimum absolute atomic E-state index is 0.0320. The van der Waals surface area contributed by atoms with Gasteiger partial charge < -0.3 is 14.6 Å². The summed E-state index contributed by atoms with van der Waals surface area (Å²) in [6, 6.07) is 8.52. The maximum absolute atomic E-state index is 14.2. The predicted molar refractivity (Wildman–Crippen MR) is 131 cm³/mol. The van der Waals surface area contributed by atoms with Crippen LogP contribution in [0.5, 0.6) is 0 Å². The van der Waals surface area contributed by atoms with Crippen LogP contribution < -0.4 is 0 Å². The second-order valence-electron chi connectivity index (χ2n) is 11.2. The van der Waals surface area contributed by atoms with Gasteiger partial charge in [-0.05, 0) is 66.7 Å². The van der Waals surface area contributed by atoms with Crippen LogP contribution in [0.3, 0.4) is 0 Å². The first-order chi connectivity index (χ1) is 16.4. The van der Waals surface area contributed by atoms with Gasteiger partial charge in [-0.15, -0.1) is 0 Å². The van der Waals surface area contributed by atoms with E-state index >= 15 is 0 Å². The van der Waals surface area contributed by atoms with Gasteiger partial charge in [0.05, 0.1) is 17.6 Å². The molecule has 0 saturated heterocycles. The number of rotatable bonds is 3. The number of hydrogen-bond donors (Lipinski definition) is 1. The van der Waals surface area contributed by atoms with Crippen molar-refractivity contribution in [2.45, 2.75) is 72.2 Å². The Bertz CT molecular complexity index is 1080. The summed E-state index contributed by atoms with van der Waals surface area (Å²) < 4.78 is 11.9. The molecule has 6 heteroatoms. The monoisotopic (exact) mass is 480 g/mol. The molecule has 4 rings (SSSR count). The molecule has 0 amide bonds. The number of carbonyl (C=O) groups is 3. The molecule has 0 spiro atoms. The molecule has 2 saturated carbocycles. The zero-order valence-corrected chi connectivity index (χ0v) is 21.4. The van der Waals surface area contributed by atoms with E-state index in [1.54, 1.807) is 37.3 Å². The normalized spacial score (nSPS) is 39.0. The molecule has 0 heterocycles. The fraction of sp³-hybridized carbons (Fsp3) is 0.552. The van der Waals surface area contributed by atoms with Crippen LogP contribution in [0.2, 0.25) is 0 Å². The molecule has 1 unspecified atom stereocenters. The van der Waals surface area contributed by atoms with Crippen molar-refractivity contribution in [2.75, 3.05) is 0 Å². The molecule has 1 aromatic carbocycles. The SMILES string of the molecule is CC(=O)OC1/C(C)=C\C[C@H]2[C@@H](/C=C(\C)C(=O)[C@@]3(OC(=O)c4ccccc4)C[C@H](C)[C@H](O)[C@@H]13)C2(C)C. The van der Waals surface area contributed by atoms with E-state index in [2.05, 4.69) is 19.9 Å². The molecule has 7 atom stereocenters. The molecule has 35 heavy (non-hydrogen) atoms. The average molecular weight is 481 g/mol. The van der Waals surface area contributed by atoms with Gasteiger partial charge >= 0.3 is 11.9 Å². The molecule has 188 valence electrons. The van der Waals surface area contributed by atoms with Crippen LogP contribution in [-0.2, 0) is 19.1 Å². The third-order valence-corrected chi connectivity index (χ3v) is 8.47. The average Bonchev–Trinajstić information content (AvgIpc) is 3.21. The molecule has 0 aromatic heterocycles. The standard InChI is InChI=1S/C29H36O6/c1-16-12-13-21-22(28(21,5)6)14-17(2)26(32)29(35-27(33)20-10-8-7-9-11-20)15-18(3)24(31)23(29)25(16)34-19(4)30/h7-12,14,18,21-25,31H,13,15H2,1-6H3/b16-12-,17-14+/t18-,21-,22+,23-,24-,25?,29+/m0/s1. The maximum atomic E-state index is 14.2. The summed E-state index contributed by atoms with van der Waals surface area (Å²) in [7, 11) is 0. The minimum Gasteiger partial charge on any atom is -0.457 e. The molecular weight excluding hydrogens is 444 g/mol. The van der Waals surface area contributed by atoms with Crippen molar-refractivity contribution in [2.24, 2.45) is 29.1 Å². The topological polar surface area (TPSA) is 89.9 Å². The largest absolute Gasteiger partial charge is 0.457 e. The van der Waals surface area contributed by atoms with Gasteiger partial charge in [0, 0.05) is 13.3 Å². The highest BCUT2D eigenvalue weighted by Crippen LogP contribution is 2.62. The highest BCUT2D eigenvalue weighted by molar-refractivity contribution is 6.04. The molecule has 6 nitrogen and oxygen atoms in total. The molecule has 1 N–H and O–H groups in total. The smallest absolute Gasteiger partial charge is 0.339 e. The number of ether oxygens (including phenoxy) is 2. The molecule has 1 aromatic rings. The zero-order chi connectivity index (χ0) is 25.7. The van der Waals surface area contributed by atoms with E-state index in [9.17, 15) is 19.5 Å². The van der Waals surface area contributed by atoms with Gasteiger partial charge in [0.25, 0.3) is 0 Å². The van der Waals surface area contributed by atoms with Crippen LogP contribution in [0.25, 0.3) is 0 Å². The number of carbonyl (C=O) groups excluding carboxylic acids is 3. The lowest BCUT2D eigenvalue weighted by atomic mass is 9.77. The molecule has 3 aliphatic carbocycles. The minimum atomic E-state index is -1.67. The van der Waals surface area contributed by atoms with Gasteiger partial charge in [0.15, 0.2) is 5.60 Å². The van der Waals surface area contributed by atoms with E-state index in [4.69, 9.17) is 9.47 Å². The Morgan fingerprint density at radius 2 is 1.77 bits per heavy atom. The van der Waals surface area contributed by atoms with Crippen molar-refractivity contribution in [3.05, 3.63) is 59.2 Å². The third kappa shape index (κ3) is 4.37. The highest BCUT2D eigenvalue weighted by Gasteiger charge is 2.64. The summed E-state index contributed by atoms with van der Waals surface area (Å²) in [5.41, 5.74) is -0.0470. The molecule has 3 aliphatic rings. The fourth-order valence-corrected chi connectivity index (χ4v) is 6.29. The Hall–Kier alpha value is -2.73. The molecule has 0 aliphatic heterocycles. The number of allylic oxidation sites excluding steroid dienone is 2. The molecular formula is C29H36O6. The number of fused-ring (bicyclic) bond motifs is 2. The van der Waals surface area contributed by atoms with Crippen molar-refractivity contribution in [3.63, 3.8) is 0 Å². The first-order valence-corrected chi connectivity index (χ1v) is 12.4. The van der Waals surface area contributed by atoms with E-state index in [1.807, 2.05) is 19.9 Å². The second kappa shape index (κ2) is 9.05. The summed E-state index contributed by atoms with van der Waals surface area (Å²) in [6.07, 6.45) is 3.07. The van der Waals surface area contributed by atoms with Crippen molar-refractivity contribution in [3.8, 4) is 0 Å². The first kappa shape index (κ1) is 25.4. The second-order valence-corrected chi connectivity index (χ2v) is 11.2. The summed E-state index contributed by atoms with van der Waals surface area (Å²) in [6.45, 7) is 11.1. The van der Waals surface area contributed by atoms with E-state index in [1.165, 1.54) is 6.92 Å². The van der Waals surface area contributed by atoms with Gasteiger partial charge in [-0.2, -0.15) is 0 Å². The molecule has 0 radical (unpaired) electrons. The Kier molecular flexibility index (Phi) is 6.56. The number of esters is 2. The number of hydrogen-bond acceptors (Lipinski definition) is 6. The van der Waals surface area contributed by atoms with Crippen LogP contribution in [0.4, 0.5) is 0 Å². The number of Topliss-reactive ketones (excluding diaryl/α,β-unsaturated/α-hetero) is 1. The van der Waals surface area contributed by atoms with Crippen molar-refractivity contribution >= 4 is 17.7 Å². The summed E-state index contributed by atoms with van der Waals surface area (Å²) >= 11 is 0. The van der Waals surface area contributed by atoms with Crippen LogP contribution in [-0.4, -0.2) is 40.6 Å². The summed E-state index contributed by atoms with van der Waals surface area (Å²) in [4.78, 5) is 39.7.